The van der Waals surface area contributed by atoms with Crippen molar-refractivity contribution in [2.24, 2.45) is 0 Å². The van der Waals surface area contributed by atoms with Crippen molar-refractivity contribution < 1.29 is 19.1 Å². The van der Waals surface area contributed by atoms with Gasteiger partial charge in [-0.05, 0) is 37.0 Å². The lowest BCUT2D eigenvalue weighted by Gasteiger charge is -2.28. The van der Waals surface area contributed by atoms with Crippen molar-refractivity contribution in [2.45, 2.75) is 45.6 Å². The molecule has 0 spiro atoms. The number of aliphatic carboxylic acids is 1. The van der Waals surface area contributed by atoms with Crippen LogP contribution in [0.1, 0.15) is 45.1 Å². The first-order valence-electron chi connectivity index (χ1n) is 7.11. The first-order chi connectivity index (χ1) is 9.85. The highest BCUT2D eigenvalue weighted by Gasteiger charge is 2.23. The van der Waals surface area contributed by atoms with Gasteiger partial charge in [-0.15, -0.1) is 0 Å². The second-order valence-electron chi connectivity index (χ2n) is 5.33. The zero-order valence-corrected chi connectivity index (χ0v) is 12.7. The molecule has 4 nitrogen and oxygen atoms in total. The molecule has 0 aliphatic rings. The zero-order chi connectivity index (χ0) is 16.0. The Morgan fingerprint density at radius 3 is 2.29 bits per heavy atom. The van der Waals surface area contributed by atoms with Crippen LogP contribution in [0.2, 0.25) is 0 Å². The van der Waals surface area contributed by atoms with Crippen LogP contribution in [-0.4, -0.2) is 34.5 Å². The van der Waals surface area contributed by atoms with Gasteiger partial charge in [0.15, 0.2) is 0 Å². The summed E-state index contributed by atoms with van der Waals surface area (Å²) in [5, 5.41) is 8.92. The molecule has 21 heavy (non-hydrogen) atoms. The first kappa shape index (κ1) is 17.1. The molecule has 5 heteroatoms. The van der Waals surface area contributed by atoms with Crippen LogP contribution in [0.15, 0.2) is 24.3 Å². The van der Waals surface area contributed by atoms with Crippen molar-refractivity contribution in [3.8, 4) is 0 Å². The van der Waals surface area contributed by atoms with Crippen molar-refractivity contribution in [3.63, 3.8) is 0 Å². The third-order valence-corrected chi connectivity index (χ3v) is 3.67. The monoisotopic (exact) mass is 295 g/mol. The molecule has 1 amide bonds. The van der Waals surface area contributed by atoms with Gasteiger partial charge >= 0.3 is 5.97 Å². The molecule has 1 aromatic carbocycles. The van der Waals surface area contributed by atoms with Crippen LogP contribution < -0.4 is 0 Å². The lowest BCUT2D eigenvalue weighted by atomic mass is 9.97. The highest BCUT2D eigenvalue weighted by atomic mass is 19.1. The minimum atomic E-state index is -1.02. The molecule has 0 aliphatic carbocycles. The van der Waals surface area contributed by atoms with Gasteiger partial charge in [-0.2, -0.15) is 0 Å². The van der Waals surface area contributed by atoms with E-state index in [9.17, 15) is 14.0 Å². The molecule has 0 bridgehead atoms. The summed E-state index contributed by atoms with van der Waals surface area (Å²) in [7, 11) is 0. The molecular weight excluding hydrogens is 273 g/mol. The number of benzene rings is 1. The van der Waals surface area contributed by atoms with Crippen LogP contribution in [-0.2, 0) is 9.59 Å². The largest absolute Gasteiger partial charge is 0.480 e. The smallest absolute Gasteiger partial charge is 0.323 e. The van der Waals surface area contributed by atoms with E-state index in [0.717, 1.165) is 5.56 Å². The number of hydrogen-bond acceptors (Lipinski definition) is 2. The number of hydrogen-bond donors (Lipinski definition) is 1. The summed E-state index contributed by atoms with van der Waals surface area (Å²) in [4.78, 5) is 24.6. The summed E-state index contributed by atoms with van der Waals surface area (Å²) in [6.45, 7) is 5.34. The average Bonchev–Trinajstić information content (AvgIpc) is 2.44. The van der Waals surface area contributed by atoms with E-state index in [2.05, 4.69) is 0 Å². The molecule has 1 N–H and O–H groups in total. The molecule has 0 heterocycles. The molecule has 0 fully saturated rings. The molecule has 2 unspecified atom stereocenters. The van der Waals surface area contributed by atoms with Gasteiger partial charge in [0.2, 0.25) is 5.91 Å². The van der Waals surface area contributed by atoms with E-state index >= 15 is 0 Å². The number of halogens is 1. The summed E-state index contributed by atoms with van der Waals surface area (Å²) in [5.74, 6) is -1.61. The lowest BCUT2D eigenvalue weighted by molar-refractivity contribution is -0.146. The number of carboxylic acids is 1. The third-order valence-electron chi connectivity index (χ3n) is 3.67. The fourth-order valence-electron chi connectivity index (χ4n) is 2.14. The van der Waals surface area contributed by atoms with Gasteiger partial charge in [0.05, 0.1) is 0 Å². The molecule has 0 aliphatic heterocycles. The van der Waals surface area contributed by atoms with E-state index in [0.29, 0.717) is 6.42 Å². The van der Waals surface area contributed by atoms with E-state index in [-0.39, 0.29) is 36.6 Å². The Balaban J connectivity index is 2.75. The summed E-state index contributed by atoms with van der Waals surface area (Å²) in [5.41, 5.74) is 0.865. The van der Waals surface area contributed by atoms with Gasteiger partial charge in [-0.1, -0.05) is 26.0 Å². The van der Waals surface area contributed by atoms with Crippen molar-refractivity contribution >= 4 is 11.9 Å². The third kappa shape index (κ3) is 5.17. The Morgan fingerprint density at radius 1 is 1.24 bits per heavy atom. The lowest BCUT2D eigenvalue weighted by Crippen LogP contribution is -2.42. The van der Waals surface area contributed by atoms with Crippen LogP contribution >= 0.6 is 0 Å². The normalized spacial score (nSPS) is 13.5. The Morgan fingerprint density at radius 2 is 1.81 bits per heavy atom. The van der Waals surface area contributed by atoms with E-state index < -0.39 is 5.97 Å². The molecule has 0 aromatic heterocycles. The van der Waals surface area contributed by atoms with Crippen molar-refractivity contribution in [1.82, 2.24) is 4.90 Å². The van der Waals surface area contributed by atoms with Gasteiger partial charge in [-0.3, -0.25) is 9.59 Å². The highest BCUT2D eigenvalue weighted by Crippen LogP contribution is 2.21. The number of amides is 1. The Bertz CT molecular complexity index is 487. The van der Waals surface area contributed by atoms with E-state index in [1.54, 1.807) is 12.1 Å². The maximum atomic E-state index is 12.9. The van der Waals surface area contributed by atoms with Crippen LogP contribution in [0.3, 0.4) is 0 Å². The Labute approximate surface area is 124 Å². The zero-order valence-electron chi connectivity index (χ0n) is 12.7. The van der Waals surface area contributed by atoms with Crippen molar-refractivity contribution in [2.75, 3.05) is 6.54 Å². The van der Waals surface area contributed by atoms with Crippen molar-refractivity contribution in [1.29, 1.82) is 0 Å². The van der Waals surface area contributed by atoms with E-state index in [4.69, 9.17) is 5.11 Å². The number of rotatable bonds is 7. The molecule has 0 saturated heterocycles. The van der Waals surface area contributed by atoms with Crippen LogP contribution in [0.25, 0.3) is 0 Å². The van der Waals surface area contributed by atoms with Gasteiger partial charge in [-0.25, -0.2) is 4.39 Å². The van der Waals surface area contributed by atoms with Gasteiger partial charge < -0.3 is 10.0 Å². The molecule has 1 rings (SSSR count). The summed E-state index contributed by atoms with van der Waals surface area (Å²) in [6.07, 6.45) is 0.910. The maximum absolute atomic E-state index is 12.9. The van der Waals surface area contributed by atoms with E-state index in [1.165, 1.54) is 17.0 Å². The molecule has 1 aromatic rings. The van der Waals surface area contributed by atoms with E-state index in [1.807, 2.05) is 20.8 Å². The fraction of sp³-hybridized carbons (Fsp3) is 0.500. The second-order valence-corrected chi connectivity index (χ2v) is 5.33. The maximum Gasteiger partial charge on any atom is 0.323 e. The summed E-state index contributed by atoms with van der Waals surface area (Å²) in [6, 6.07) is 5.91. The van der Waals surface area contributed by atoms with Crippen LogP contribution in [0, 0.1) is 5.82 Å². The molecule has 2 atom stereocenters. The Hall–Kier alpha value is -1.91. The number of nitrogens with zero attached hydrogens (tertiary/aromatic N) is 1. The molecule has 0 radical (unpaired) electrons. The highest BCUT2D eigenvalue weighted by molar-refractivity contribution is 5.82. The van der Waals surface area contributed by atoms with Crippen LogP contribution in [0.4, 0.5) is 4.39 Å². The van der Waals surface area contributed by atoms with Crippen LogP contribution in [0.5, 0.6) is 0 Å². The summed E-state index contributed by atoms with van der Waals surface area (Å²) >= 11 is 0. The summed E-state index contributed by atoms with van der Waals surface area (Å²) < 4.78 is 12.9. The number of carbonyl (C=O) groups is 2. The predicted octanol–water partition coefficient (Wildman–Crippen LogP) is 3.03. The first-order valence-corrected chi connectivity index (χ1v) is 7.11. The fourth-order valence-corrected chi connectivity index (χ4v) is 2.14. The minimum absolute atomic E-state index is 0.0848. The van der Waals surface area contributed by atoms with Gasteiger partial charge in [0.1, 0.15) is 12.4 Å². The average molecular weight is 295 g/mol. The van der Waals surface area contributed by atoms with Gasteiger partial charge in [0, 0.05) is 12.5 Å². The quantitative estimate of drug-likeness (QED) is 0.841. The number of carboxylic acid groups (broad SMARTS) is 1. The van der Waals surface area contributed by atoms with Gasteiger partial charge in [0.25, 0.3) is 0 Å². The minimum Gasteiger partial charge on any atom is -0.480 e. The topological polar surface area (TPSA) is 57.6 Å². The molecule has 116 valence electrons. The predicted molar refractivity (Wildman–Crippen MR) is 78.5 cm³/mol. The standard InChI is InChI=1S/C16H22FNO3/c1-4-12(3)18(10-16(20)21)15(19)9-11(2)13-5-7-14(17)8-6-13/h5-8,11-12H,4,9-10H2,1-3H3,(H,20,21). The SMILES string of the molecule is CCC(C)N(CC(=O)O)C(=O)CC(C)c1ccc(F)cc1. The Kier molecular flexibility index (Phi) is 6.34. The second kappa shape index (κ2) is 7.76. The number of carbonyl (C=O) groups excluding carboxylic acids is 1. The van der Waals surface area contributed by atoms with Crippen molar-refractivity contribution in [3.05, 3.63) is 35.6 Å². The molecular formula is C16H22FNO3. The molecule has 0 saturated carbocycles.